The first kappa shape index (κ1) is 64.3. The summed E-state index contributed by atoms with van der Waals surface area (Å²) in [7, 11) is 3.81. The van der Waals surface area contributed by atoms with Gasteiger partial charge in [-0.2, -0.15) is 15.8 Å². The van der Waals surface area contributed by atoms with Crippen LogP contribution in [0.5, 0.6) is 0 Å². The highest BCUT2D eigenvalue weighted by Crippen LogP contribution is 2.30. The fourth-order valence-electron chi connectivity index (χ4n) is 8.53. The van der Waals surface area contributed by atoms with E-state index in [1.54, 1.807) is 12.1 Å². The Balaban J connectivity index is 0.00000371. The second kappa shape index (κ2) is 37.0. The van der Waals surface area contributed by atoms with Gasteiger partial charge in [0.1, 0.15) is 54.7 Å². The topological polar surface area (TPSA) is 160 Å². The Kier molecular flexibility index (Phi) is 31.7. The maximum atomic E-state index is 13.7. The molecule has 0 aliphatic heterocycles. The maximum Gasteiger partial charge on any atom is 0.348 e. The van der Waals surface area contributed by atoms with Gasteiger partial charge in [0, 0.05) is 57.3 Å². The number of carbonyl (C=O) groups excluding carboxylic acids is 3. The maximum absolute atomic E-state index is 13.7. The van der Waals surface area contributed by atoms with Crippen LogP contribution in [0.4, 0.5) is 17.1 Å². The molecule has 0 spiro atoms. The lowest BCUT2D eigenvalue weighted by atomic mass is 9.85. The predicted octanol–water partition coefficient (Wildman–Crippen LogP) is 14.3. The molecule has 1 unspecified atom stereocenters. The second-order valence-corrected chi connectivity index (χ2v) is 19.4. The largest absolute Gasteiger partial charge is 0.461 e. The molecule has 12 nitrogen and oxygen atoms in total. The van der Waals surface area contributed by atoms with Crippen LogP contribution in [0.3, 0.4) is 0 Å². The monoisotopic (exact) mass is 1020 g/mol. The highest BCUT2D eigenvalue weighted by molar-refractivity contribution is 5.99. The van der Waals surface area contributed by atoms with Gasteiger partial charge in [-0.3, -0.25) is 0 Å². The summed E-state index contributed by atoms with van der Waals surface area (Å²) in [6.45, 7) is 19.2. The van der Waals surface area contributed by atoms with Gasteiger partial charge in [-0.05, 0) is 116 Å². The number of hydrogen-bond donors (Lipinski definition) is 0. The molecule has 1 atom stereocenters. The first-order chi connectivity index (χ1) is 36.3. The van der Waals surface area contributed by atoms with Crippen molar-refractivity contribution in [2.45, 2.75) is 145 Å². The number of carbonyl (C=O) groups is 3. The molecule has 406 valence electrons. The molecular weight excluding hydrogens is 937 g/mol. The lowest BCUT2D eigenvalue weighted by molar-refractivity contribution is -0.157. The zero-order valence-electron chi connectivity index (χ0n) is 47.2. The molecule has 0 radical (unpaired) electrons. The Bertz CT molecular complexity index is 2360. The van der Waals surface area contributed by atoms with Gasteiger partial charge in [0.25, 0.3) is 0 Å². The average molecular weight is 1030 g/mol. The first-order valence-corrected chi connectivity index (χ1v) is 27.7. The van der Waals surface area contributed by atoms with E-state index in [2.05, 4.69) is 44.4 Å². The summed E-state index contributed by atoms with van der Waals surface area (Å²) >= 11 is 0. The van der Waals surface area contributed by atoms with Crippen molar-refractivity contribution < 1.29 is 28.6 Å². The average Bonchev–Trinajstić information content (AvgIpc) is 3.43. The lowest BCUT2D eigenvalue weighted by Crippen LogP contribution is -2.40. The minimum atomic E-state index is -1.32. The van der Waals surface area contributed by atoms with Crippen molar-refractivity contribution in [3.63, 3.8) is 0 Å². The molecule has 1 saturated carbocycles. The molecule has 3 aromatic rings. The number of esters is 3. The predicted molar refractivity (Wildman–Crippen MR) is 308 cm³/mol. The Hall–Kier alpha value is -6.84. The molecule has 12 heteroatoms. The van der Waals surface area contributed by atoms with Crippen LogP contribution in [0.15, 0.2) is 89.5 Å². The summed E-state index contributed by atoms with van der Waals surface area (Å²) in [5.41, 5.74) is 2.91. The van der Waals surface area contributed by atoms with Crippen molar-refractivity contribution in [2.75, 3.05) is 74.8 Å². The summed E-state index contributed by atoms with van der Waals surface area (Å²) in [4.78, 5) is 47.6. The van der Waals surface area contributed by atoms with E-state index in [-0.39, 0.29) is 23.1 Å². The fourth-order valence-corrected chi connectivity index (χ4v) is 8.53. The zero-order chi connectivity index (χ0) is 55.4. The van der Waals surface area contributed by atoms with E-state index in [0.717, 1.165) is 81.8 Å². The van der Waals surface area contributed by atoms with Crippen LogP contribution in [-0.2, 0) is 28.6 Å². The van der Waals surface area contributed by atoms with Gasteiger partial charge in [0.2, 0.25) is 0 Å². The molecule has 4 rings (SSSR count). The standard InChI is InChI=1S/C58H74N6O6.C3H8.C2H6/c1-7-11-32-63(33-12-8-2)53-27-21-46(22-28-53)36-50(39-60)56(66)69-43-58(31-10-4,42-68-55(65)49(38-59)35-45-19-25-52(26-20-45)62(5)6)44-70-57(67)51(40-61)37-47-23-29-54(30-24-47)64(34-13-9-3)41-48-17-15-14-16-18-48;1-3-2;1-2/h19-30,35-37,48H,7-18,31-34,41-44H2,1-6H3;3H2,1-2H3;1-2H3/b49-35+,50-36+,51-37+;;. The molecular formula is C63H88N6O6. The van der Waals surface area contributed by atoms with E-state index < -0.39 is 43.1 Å². The van der Waals surface area contributed by atoms with Crippen molar-refractivity contribution in [2.24, 2.45) is 11.3 Å². The number of nitrogens with zero attached hydrogens (tertiary/aromatic N) is 6. The van der Waals surface area contributed by atoms with E-state index in [1.165, 1.54) is 56.8 Å². The molecule has 0 bridgehead atoms. The fraction of sp³-hybridized carbons (Fsp3) is 0.524. The summed E-state index contributed by atoms with van der Waals surface area (Å²) in [6, 6.07) is 28.6. The van der Waals surface area contributed by atoms with E-state index in [1.807, 2.05) is 119 Å². The zero-order valence-corrected chi connectivity index (χ0v) is 47.2. The Morgan fingerprint density at radius 2 is 0.867 bits per heavy atom. The number of rotatable bonds is 28. The van der Waals surface area contributed by atoms with Gasteiger partial charge in [-0.15, -0.1) is 0 Å². The quantitative estimate of drug-likeness (QED) is 0.0293. The number of hydrogen-bond acceptors (Lipinski definition) is 12. The molecule has 0 saturated heterocycles. The third kappa shape index (κ3) is 23.1. The highest BCUT2D eigenvalue weighted by atomic mass is 16.6. The number of unbranched alkanes of at least 4 members (excludes halogenated alkanes) is 3. The lowest BCUT2D eigenvalue weighted by Gasteiger charge is -2.32. The highest BCUT2D eigenvalue weighted by Gasteiger charge is 2.36. The van der Waals surface area contributed by atoms with Crippen molar-refractivity contribution in [1.82, 2.24) is 0 Å². The summed E-state index contributed by atoms with van der Waals surface area (Å²) in [5, 5.41) is 30.3. The molecule has 1 fully saturated rings. The SMILES string of the molecule is CC.CCC.CCCCN(CCCC)c1ccc(/C=C(\C#N)C(=O)OCC(CCC)(COC(=O)/C(C#N)=C/c2ccc(N(C)C)cc2)COC(=O)/C(C#N)=C/c2ccc(N(CCCC)CC3CCCCC3)cc2)cc1. The molecule has 0 N–H and O–H groups in total. The number of anilines is 3. The van der Waals surface area contributed by atoms with Crippen LogP contribution >= 0.6 is 0 Å². The van der Waals surface area contributed by atoms with E-state index >= 15 is 0 Å². The second-order valence-electron chi connectivity index (χ2n) is 19.4. The van der Waals surface area contributed by atoms with Gasteiger partial charge < -0.3 is 28.9 Å². The van der Waals surface area contributed by atoms with Gasteiger partial charge in [0.05, 0.1) is 5.41 Å². The molecule has 1 aliphatic carbocycles. The van der Waals surface area contributed by atoms with Crippen molar-refractivity contribution in [3.8, 4) is 18.2 Å². The van der Waals surface area contributed by atoms with Gasteiger partial charge >= 0.3 is 17.9 Å². The first-order valence-electron chi connectivity index (χ1n) is 27.7. The molecule has 0 aromatic heterocycles. The summed E-state index contributed by atoms with van der Waals surface area (Å²) in [6.07, 6.45) is 19.2. The minimum absolute atomic E-state index is 0.237. The van der Waals surface area contributed by atoms with Crippen molar-refractivity contribution in [3.05, 3.63) is 106 Å². The molecule has 0 heterocycles. The van der Waals surface area contributed by atoms with Gasteiger partial charge in [-0.1, -0.05) is 143 Å². The molecule has 0 amide bonds. The Morgan fingerprint density at radius 3 is 1.19 bits per heavy atom. The molecule has 1 aliphatic rings. The smallest absolute Gasteiger partial charge is 0.348 e. The number of benzene rings is 3. The number of nitriles is 3. The third-order valence-electron chi connectivity index (χ3n) is 12.7. The molecule has 75 heavy (non-hydrogen) atoms. The van der Waals surface area contributed by atoms with Crippen LogP contribution < -0.4 is 14.7 Å². The van der Waals surface area contributed by atoms with Crippen LogP contribution in [0.1, 0.15) is 162 Å². The van der Waals surface area contributed by atoms with E-state index in [4.69, 9.17) is 14.2 Å². The van der Waals surface area contributed by atoms with Crippen molar-refractivity contribution >= 4 is 53.2 Å². The van der Waals surface area contributed by atoms with Crippen molar-refractivity contribution in [1.29, 1.82) is 15.8 Å². The van der Waals surface area contributed by atoms with Gasteiger partial charge in [0.15, 0.2) is 0 Å². The van der Waals surface area contributed by atoms with Crippen LogP contribution in [-0.4, -0.2) is 78.0 Å². The number of ether oxygens (including phenoxy) is 3. The van der Waals surface area contributed by atoms with Crippen LogP contribution in [0.2, 0.25) is 0 Å². The third-order valence-corrected chi connectivity index (χ3v) is 12.7. The van der Waals surface area contributed by atoms with Crippen LogP contribution in [0, 0.1) is 45.3 Å². The Morgan fingerprint density at radius 1 is 0.533 bits per heavy atom. The summed E-state index contributed by atoms with van der Waals surface area (Å²) in [5.74, 6) is -2.07. The normalized spacial score (nSPS) is 13.4. The van der Waals surface area contributed by atoms with Gasteiger partial charge in [-0.25, -0.2) is 14.4 Å². The van der Waals surface area contributed by atoms with E-state index in [9.17, 15) is 30.2 Å². The Labute approximate surface area is 451 Å². The molecule has 3 aromatic carbocycles. The van der Waals surface area contributed by atoms with E-state index in [0.29, 0.717) is 29.0 Å². The van der Waals surface area contributed by atoms with Crippen LogP contribution in [0.25, 0.3) is 18.2 Å². The summed E-state index contributed by atoms with van der Waals surface area (Å²) < 4.78 is 17.4. The minimum Gasteiger partial charge on any atom is -0.461 e.